The molecule has 1 aliphatic rings. The van der Waals surface area contributed by atoms with Gasteiger partial charge in [-0.2, -0.15) is 5.26 Å². The van der Waals surface area contributed by atoms with Gasteiger partial charge in [0.05, 0.1) is 28.8 Å². The van der Waals surface area contributed by atoms with E-state index < -0.39 is 10.0 Å². The Morgan fingerprint density at radius 1 is 1.13 bits per heavy atom. The SMILES string of the molecule is CCC1CC(Oc2ccc(C#N)cc2)CC1C(=O)NNc1cnc2c(ccn2S(=O)(=O)c2ccc(C)cc2)n1. The van der Waals surface area contributed by atoms with Crippen LogP contribution in [0.25, 0.3) is 11.2 Å². The molecule has 2 aromatic carbocycles. The molecule has 1 fully saturated rings. The number of fused-ring (bicyclic) bond motifs is 1. The zero-order valence-corrected chi connectivity index (χ0v) is 22.4. The van der Waals surface area contributed by atoms with Crippen LogP contribution in [-0.4, -0.2) is 34.4 Å². The maximum Gasteiger partial charge on any atom is 0.269 e. The number of carbonyl (C=O) groups excluding carboxylic acids is 1. The van der Waals surface area contributed by atoms with Crippen LogP contribution >= 0.6 is 0 Å². The lowest BCUT2D eigenvalue weighted by molar-refractivity contribution is -0.125. The molecule has 4 aromatic rings. The van der Waals surface area contributed by atoms with Crippen LogP contribution in [0.1, 0.15) is 37.3 Å². The number of hydrogen-bond donors (Lipinski definition) is 2. The van der Waals surface area contributed by atoms with Gasteiger partial charge in [-0.3, -0.25) is 15.6 Å². The monoisotopic (exact) mass is 544 g/mol. The summed E-state index contributed by atoms with van der Waals surface area (Å²) in [5.41, 5.74) is 7.63. The third kappa shape index (κ3) is 5.42. The van der Waals surface area contributed by atoms with Crippen LogP contribution in [-0.2, 0) is 14.8 Å². The van der Waals surface area contributed by atoms with Crippen molar-refractivity contribution in [3.8, 4) is 11.8 Å². The number of amides is 1. The molecule has 0 aliphatic heterocycles. The Labute approximate surface area is 226 Å². The molecule has 11 heteroatoms. The number of aromatic nitrogens is 3. The second-order valence-electron chi connectivity index (χ2n) is 9.63. The first-order chi connectivity index (χ1) is 18.8. The average molecular weight is 545 g/mol. The van der Waals surface area contributed by atoms with Crippen molar-refractivity contribution in [3.63, 3.8) is 0 Å². The second-order valence-corrected chi connectivity index (χ2v) is 11.4. The Balaban J connectivity index is 1.24. The van der Waals surface area contributed by atoms with Gasteiger partial charge in [0.2, 0.25) is 5.91 Å². The molecule has 0 saturated heterocycles. The molecule has 3 unspecified atom stereocenters. The largest absolute Gasteiger partial charge is 0.490 e. The standard InChI is InChI=1S/C28H28N6O4S/c1-3-20-14-22(38-21-8-6-19(16-29)7-9-21)15-24(20)28(35)33-32-26-17-30-27-25(31-26)12-13-34(27)39(36,37)23-10-4-18(2)5-11-23/h4-13,17,20,22,24H,3,14-15H2,1-2H3,(H,31,32)(H,33,35). The molecular formula is C28H28N6O4S. The summed E-state index contributed by atoms with van der Waals surface area (Å²) < 4.78 is 33.4. The van der Waals surface area contributed by atoms with E-state index in [-0.39, 0.29) is 40.2 Å². The number of hydrogen-bond acceptors (Lipinski definition) is 8. The van der Waals surface area contributed by atoms with Gasteiger partial charge >= 0.3 is 0 Å². The highest BCUT2D eigenvalue weighted by molar-refractivity contribution is 7.90. The maximum absolute atomic E-state index is 13.1. The van der Waals surface area contributed by atoms with E-state index in [2.05, 4.69) is 33.8 Å². The lowest BCUT2D eigenvalue weighted by atomic mass is 9.93. The molecule has 3 atom stereocenters. The highest BCUT2D eigenvalue weighted by atomic mass is 32.2. The van der Waals surface area contributed by atoms with Crippen molar-refractivity contribution in [3.05, 3.63) is 78.1 Å². The molecule has 2 heterocycles. The lowest BCUT2D eigenvalue weighted by Crippen LogP contribution is -2.37. The molecule has 39 heavy (non-hydrogen) atoms. The average Bonchev–Trinajstić information content (AvgIpc) is 3.56. The Hall–Kier alpha value is -4.43. The van der Waals surface area contributed by atoms with E-state index in [0.29, 0.717) is 23.3 Å². The van der Waals surface area contributed by atoms with Crippen molar-refractivity contribution in [2.75, 3.05) is 5.43 Å². The fourth-order valence-electron chi connectivity index (χ4n) is 4.93. The summed E-state index contributed by atoms with van der Waals surface area (Å²) in [5.74, 6) is 0.702. The van der Waals surface area contributed by atoms with Crippen LogP contribution in [0, 0.1) is 30.1 Å². The molecule has 1 amide bonds. The van der Waals surface area contributed by atoms with Gasteiger partial charge in [0, 0.05) is 12.1 Å². The topological polar surface area (TPSA) is 139 Å². The molecule has 10 nitrogen and oxygen atoms in total. The lowest BCUT2D eigenvalue weighted by Gasteiger charge is -2.17. The first-order valence-corrected chi connectivity index (χ1v) is 14.1. The van der Waals surface area contributed by atoms with Gasteiger partial charge in [0.25, 0.3) is 10.0 Å². The van der Waals surface area contributed by atoms with Crippen molar-refractivity contribution in [2.24, 2.45) is 11.8 Å². The number of ether oxygens (including phenoxy) is 1. The summed E-state index contributed by atoms with van der Waals surface area (Å²) in [6, 6.07) is 17.2. The van der Waals surface area contributed by atoms with Gasteiger partial charge < -0.3 is 4.74 Å². The first-order valence-electron chi connectivity index (χ1n) is 12.7. The van der Waals surface area contributed by atoms with Crippen LogP contribution in [0.4, 0.5) is 5.82 Å². The molecule has 1 saturated carbocycles. The number of anilines is 1. The van der Waals surface area contributed by atoms with Crippen LogP contribution < -0.4 is 15.6 Å². The molecule has 0 radical (unpaired) electrons. The molecule has 0 spiro atoms. The zero-order valence-electron chi connectivity index (χ0n) is 21.5. The molecule has 2 N–H and O–H groups in total. The van der Waals surface area contributed by atoms with Gasteiger partial charge in [-0.05, 0) is 68.1 Å². The minimum absolute atomic E-state index is 0.106. The van der Waals surface area contributed by atoms with E-state index in [1.807, 2.05) is 6.92 Å². The summed E-state index contributed by atoms with van der Waals surface area (Å²) >= 11 is 0. The van der Waals surface area contributed by atoms with Crippen LogP contribution in [0.3, 0.4) is 0 Å². The number of benzene rings is 2. The van der Waals surface area contributed by atoms with Crippen LogP contribution in [0.5, 0.6) is 5.75 Å². The van der Waals surface area contributed by atoms with E-state index in [9.17, 15) is 13.2 Å². The minimum atomic E-state index is -3.83. The summed E-state index contributed by atoms with van der Waals surface area (Å²) in [6.45, 7) is 3.94. The molecule has 2 aromatic heterocycles. The van der Waals surface area contributed by atoms with Gasteiger partial charge in [-0.25, -0.2) is 22.4 Å². The minimum Gasteiger partial charge on any atom is -0.490 e. The predicted octanol–water partition coefficient (Wildman–Crippen LogP) is 4.18. The molecule has 200 valence electrons. The Bertz CT molecular complexity index is 1640. The molecular weight excluding hydrogens is 516 g/mol. The van der Waals surface area contributed by atoms with Crippen molar-refractivity contribution in [2.45, 2.75) is 44.1 Å². The molecule has 5 rings (SSSR count). The van der Waals surface area contributed by atoms with E-state index in [1.54, 1.807) is 54.6 Å². The quantitative estimate of drug-likeness (QED) is 0.315. The van der Waals surface area contributed by atoms with E-state index in [0.717, 1.165) is 22.4 Å². The first kappa shape index (κ1) is 26.2. The van der Waals surface area contributed by atoms with Crippen molar-refractivity contribution in [1.29, 1.82) is 5.26 Å². The maximum atomic E-state index is 13.1. The smallest absolute Gasteiger partial charge is 0.269 e. The number of carbonyl (C=O) groups is 1. The van der Waals surface area contributed by atoms with E-state index in [4.69, 9.17) is 10.00 Å². The zero-order chi connectivity index (χ0) is 27.6. The van der Waals surface area contributed by atoms with Crippen molar-refractivity contribution < 1.29 is 17.9 Å². The van der Waals surface area contributed by atoms with Crippen LogP contribution in [0.15, 0.2) is 71.9 Å². The number of aryl methyl sites for hydroxylation is 1. The fraction of sp³-hybridized carbons (Fsp3) is 0.286. The normalized spacial score (nSPS) is 18.9. The highest BCUT2D eigenvalue weighted by Gasteiger charge is 2.39. The summed E-state index contributed by atoms with van der Waals surface area (Å²) in [5, 5.41) is 8.97. The van der Waals surface area contributed by atoms with E-state index in [1.165, 1.54) is 12.4 Å². The third-order valence-electron chi connectivity index (χ3n) is 7.05. The Morgan fingerprint density at radius 2 is 1.87 bits per heavy atom. The van der Waals surface area contributed by atoms with Gasteiger partial charge in [-0.1, -0.05) is 31.0 Å². The van der Waals surface area contributed by atoms with Crippen LogP contribution in [0.2, 0.25) is 0 Å². The number of hydrazine groups is 1. The van der Waals surface area contributed by atoms with Crippen molar-refractivity contribution in [1.82, 2.24) is 19.4 Å². The predicted molar refractivity (Wildman–Crippen MR) is 145 cm³/mol. The molecule has 1 aliphatic carbocycles. The third-order valence-corrected chi connectivity index (χ3v) is 8.73. The van der Waals surface area contributed by atoms with E-state index >= 15 is 0 Å². The summed E-state index contributed by atoms with van der Waals surface area (Å²) in [6.07, 6.45) is 4.84. The number of rotatable bonds is 8. The highest BCUT2D eigenvalue weighted by Crippen LogP contribution is 2.36. The number of nitriles is 1. The summed E-state index contributed by atoms with van der Waals surface area (Å²) in [7, 11) is -3.83. The van der Waals surface area contributed by atoms with Gasteiger partial charge in [0.1, 0.15) is 11.3 Å². The number of nitrogens with one attached hydrogen (secondary N) is 2. The fourth-order valence-corrected chi connectivity index (χ4v) is 6.22. The second kappa shape index (κ2) is 10.7. The number of nitrogens with zero attached hydrogens (tertiary/aromatic N) is 4. The Kier molecular flexibility index (Phi) is 7.21. The van der Waals surface area contributed by atoms with Gasteiger partial charge in [0.15, 0.2) is 11.5 Å². The molecule has 0 bridgehead atoms. The summed E-state index contributed by atoms with van der Waals surface area (Å²) in [4.78, 5) is 21.9. The Morgan fingerprint density at radius 3 is 2.56 bits per heavy atom. The van der Waals surface area contributed by atoms with Gasteiger partial charge in [-0.15, -0.1) is 0 Å². The van der Waals surface area contributed by atoms with Crippen molar-refractivity contribution >= 4 is 32.9 Å².